The molecule has 0 aromatic carbocycles. The van der Waals surface area contributed by atoms with Crippen molar-refractivity contribution in [1.29, 1.82) is 0 Å². The maximum Gasteiger partial charge on any atom is 0.305 e. The van der Waals surface area contributed by atoms with Crippen molar-refractivity contribution in [2.75, 3.05) is 19.8 Å². The van der Waals surface area contributed by atoms with Gasteiger partial charge in [-0.15, -0.1) is 0 Å². The highest BCUT2D eigenvalue weighted by molar-refractivity contribution is 5.76. The van der Waals surface area contributed by atoms with E-state index in [1.807, 2.05) is 6.08 Å². The van der Waals surface area contributed by atoms with Crippen molar-refractivity contribution in [2.24, 2.45) is 0 Å². The van der Waals surface area contributed by atoms with Gasteiger partial charge in [0.1, 0.15) is 24.4 Å². The second kappa shape index (κ2) is 54.8. The fourth-order valence-corrected chi connectivity index (χ4v) is 10.1. The quantitative estimate of drug-likeness (QED) is 0.0195. The number of esters is 1. The van der Waals surface area contributed by atoms with E-state index in [0.29, 0.717) is 19.4 Å². The average molecular weight is 1080 g/mol. The number of hydrogen-bond donors (Lipinski definition) is 6. The maximum atomic E-state index is 13.0. The Kier molecular flexibility index (Phi) is 51.9. The van der Waals surface area contributed by atoms with Gasteiger partial charge < -0.3 is 45.1 Å². The Morgan fingerprint density at radius 3 is 1.30 bits per heavy atom. The minimum absolute atomic E-state index is 0.00356. The molecule has 1 aliphatic rings. The van der Waals surface area contributed by atoms with E-state index in [0.717, 1.165) is 57.8 Å². The molecule has 446 valence electrons. The lowest BCUT2D eigenvalue weighted by molar-refractivity contribution is -0.302. The topological polar surface area (TPSA) is 175 Å². The zero-order chi connectivity index (χ0) is 55.2. The molecule has 7 unspecified atom stereocenters. The number of carbonyl (C=O) groups is 2. The number of ether oxygens (including phenoxy) is 3. The molecule has 0 spiro atoms. The second-order valence-electron chi connectivity index (χ2n) is 22.5. The molecule has 1 fully saturated rings. The normalized spacial score (nSPS) is 18.9. The largest absolute Gasteiger partial charge is 0.466 e. The summed E-state index contributed by atoms with van der Waals surface area (Å²) in [7, 11) is 0. The number of unbranched alkanes of at least 4 members (excludes halogenated alkanes) is 38. The Bertz CT molecular complexity index is 1360. The molecule has 0 radical (unpaired) electrons. The Morgan fingerprint density at radius 2 is 0.855 bits per heavy atom. The van der Waals surface area contributed by atoms with E-state index in [1.165, 1.54) is 218 Å². The Balaban J connectivity index is 2.01. The third-order valence-electron chi connectivity index (χ3n) is 15.2. The first-order valence-corrected chi connectivity index (χ1v) is 32.3. The highest BCUT2D eigenvalue weighted by Gasteiger charge is 2.44. The van der Waals surface area contributed by atoms with E-state index in [-0.39, 0.29) is 18.5 Å². The fraction of sp³-hybridized carbons (Fsp3) is 0.877. The summed E-state index contributed by atoms with van der Waals surface area (Å²) in [6.07, 6.45) is 58.4. The molecule has 0 saturated carbocycles. The van der Waals surface area contributed by atoms with Crippen molar-refractivity contribution < 1.29 is 49.3 Å². The van der Waals surface area contributed by atoms with Gasteiger partial charge in [-0.25, -0.2) is 0 Å². The van der Waals surface area contributed by atoms with E-state index in [2.05, 4.69) is 43.5 Å². The van der Waals surface area contributed by atoms with Crippen LogP contribution in [-0.4, -0.2) is 100 Å². The van der Waals surface area contributed by atoms with Crippen LogP contribution in [0.25, 0.3) is 0 Å². The number of hydrogen-bond acceptors (Lipinski definition) is 10. The Morgan fingerprint density at radius 1 is 0.474 bits per heavy atom. The van der Waals surface area contributed by atoms with Gasteiger partial charge in [-0.2, -0.15) is 0 Å². The van der Waals surface area contributed by atoms with Gasteiger partial charge >= 0.3 is 5.97 Å². The number of aliphatic hydroxyl groups excluding tert-OH is 5. The SMILES string of the molecule is CCCCCCC/C=C/CC/C=C/C(O)C(COC1OC(CO)C(O)C(O)C1O)NC(=O)CCCCCCCCCCCC/C=C\CCCCCCCCCCCCCCOC(=O)CCCCCCCCCCCCC. The molecule has 0 aromatic rings. The standard InChI is InChI=1S/C65H121NO10/c1-3-5-7-9-11-13-31-35-39-43-47-51-58(68)57(56-75-65-64(73)63(72)62(71)59(55-67)76-65)66-60(69)52-48-44-40-36-33-29-27-25-23-21-19-17-15-16-18-20-22-24-26-28-30-34-38-42-46-50-54-74-61(70)53-49-45-41-37-32-14-12-10-8-6-4-2/h15,17,31,35,47,51,57-59,62-65,67-68,71-73H,3-14,16,18-30,32-34,36-46,48-50,52-56H2,1-2H3,(H,66,69)/b17-15-,35-31+,51-47+. The summed E-state index contributed by atoms with van der Waals surface area (Å²) < 4.78 is 16.7. The average Bonchev–Trinajstić information content (AvgIpc) is 3.42. The van der Waals surface area contributed by atoms with Crippen LogP contribution in [0.1, 0.15) is 303 Å². The van der Waals surface area contributed by atoms with E-state index < -0.39 is 49.5 Å². The summed E-state index contributed by atoms with van der Waals surface area (Å²) in [6, 6.07) is -0.828. The molecule has 1 saturated heterocycles. The summed E-state index contributed by atoms with van der Waals surface area (Å²) in [6.45, 7) is 4.31. The highest BCUT2D eigenvalue weighted by Crippen LogP contribution is 2.23. The van der Waals surface area contributed by atoms with Gasteiger partial charge in [-0.3, -0.25) is 9.59 Å². The van der Waals surface area contributed by atoms with Crippen LogP contribution in [0, 0.1) is 0 Å². The van der Waals surface area contributed by atoms with E-state index in [4.69, 9.17) is 14.2 Å². The van der Waals surface area contributed by atoms with Crippen LogP contribution in [0.5, 0.6) is 0 Å². The lowest BCUT2D eigenvalue weighted by Crippen LogP contribution is -2.60. The number of allylic oxidation sites excluding steroid dienone is 5. The molecule has 7 atom stereocenters. The van der Waals surface area contributed by atoms with Crippen LogP contribution in [0.2, 0.25) is 0 Å². The van der Waals surface area contributed by atoms with E-state index in [1.54, 1.807) is 6.08 Å². The predicted octanol–water partition coefficient (Wildman–Crippen LogP) is 15.5. The molecule has 1 rings (SSSR count). The van der Waals surface area contributed by atoms with Gasteiger partial charge in [0.2, 0.25) is 5.91 Å². The zero-order valence-corrected chi connectivity index (χ0v) is 49.2. The van der Waals surface area contributed by atoms with E-state index in [9.17, 15) is 35.1 Å². The number of carbonyl (C=O) groups excluding carboxylic acids is 2. The highest BCUT2D eigenvalue weighted by atomic mass is 16.7. The summed E-state index contributed by atoms with van der Waals surface area (Å²) in [5, 5.41) is 54.3. The molecule has 6 N–H and O–H groups in total. The monoisotopic (exact) mass is 1080 g/mol. The van der Waals surface area contributed by atoms with Gasteiger partial charge in [-0.1, -0.05) is 256 Å². The van der Waals surface area contributed by atoms with Crippen molar-refractivity contribution in [3.63, 3.8) is 0 Å². The van der Waals surface area contributed by atoms with Crippen molar-refractivity contribution in [3.05, 3.63) is 36.5 Å². The van der Waals surface area contributed by atoms with Gasteiger partial charge in [0.15, 0.2) is 6.29 Å². The molecule has 1 amide bonds. The third kappa shape index (κ3) is 43.7. The molecule has 1 heterocycles. The molecule has 11 nitrogen and oxygen atoms in total. The van der Waals surface area contributed by atoms with Crippen LogP contribution in [-0.2, 0) is 23.8 Å². The summed E-state index contributed by atoms with van der Waals surface area (Å²) >= 11 is 0. The third-order valence-corrected chi connectivity index (χ3v) is 15.2. The molecule has 11 heteroatoms. The lowest BCUT2D eigenvalue weighted by Gasteiger charge is -2.40. The van der Waals surface area contributed by atoms with Crippen LogP contribution in [0.4, 0.5) is 0 Å². The zero-order valence-electron chi connectivity index (χ0n) is 49.2. The number of aliphatic hydroxyl groups is 5. The van der Waals surface area contributed by atoms with Crippen molar-refractivity contribution >= 4 is 11.9 Å². The smallest absolute Gasteiger partial charge is 0.305 e. The lowest BCUT2D eigenvalue weighted by atomic mass is 9.99. The van der Waals surface area contributed by atoms with E-state index >= 15 is 0 Å². The van der Waals surface area contributed by atoms with Crippen LogP contribution in [0.3, 0.4) is 0 Å². The van der Waals surface area contributed by atoms with Gasteiger partial charge in [0.25, 0.3) is 0 Å². The number of amides is 1. The molecule has 0 aliphatic carbocycles. The van der Waals surface area contributed by atoms with Crippen molar-refractivity contribution in [2.45, 2.75) is 346 Å². The van der Waals surface area contributed by atoms with Crippen molar-refractivity contribution in [3.8, 4) is 0 Å². The first-order chi connectivity index (χ1) is 37.2. The summed E-state index contributed by atoms with van der Waals surface area (Å²) in [5.74, 6) is -0.191. The minimum Gasteiger partial charge on any atom is -0.466 e. The first kappa shape index (κ1) is 71.9. The van der Waals surface area contributed by atoms with Gasteiger partial charge in [0, 0.05) is 12.8 Å². The van der Waals surface area contributed by atoms with Crippen molar-refractivity contribution in [1.82, 2.24) is 5.32 Å². The molecule has 76 heavy (non-hydrogen) atoms. The minimum atomic E-state index is -1.58. The first-order valence-electron chi connectivity index (χ1n) is 32.3. The predicted molar refractivity (Wildman–Crippen MR) is 315 cm³/mol. The van der Waals surface area contributed by atoms with Crippen LogP contribution in [0.15, 0.2) is 36.5 Å². The summed E-state index contributed by atoms with van der Waals surface area (Å²) in [4.78, 5) is 25.0. The van der Waals surface area contributed by atoms with Gasteiger partial charge in [-0.05, 0) is 70.6 Å². The van der Waals surface area contributed by atoms with Crippen LogP contribution < -0.4 is 5.32 Å². The molecule has 0 aromatic heterocycles. The molecular weight excluding hydrogens is 955 g/mol. The molecule has 0 bridgehead atoms. The maximum absolute atomic E-state index is 13.0. The Labute approximate surface area is 466 Å². The van der Waals surface area contributed by atoms with Gasteiger partial charge in [0.05, 0.1) is 32.0 Å². The molecule has 1 aliphatic heterocycles. The second-order valence-corrected chi connectivity index (χ2v) is 22.5. The summed E-state index contributed by atoms with van der Waals surface area (Å²) in [5.41, 5.74) is 0. The Hall–Kier alpha value is -2.12. The number of rotatable bonds is 56. The van der Waals surface area contributed by atoms with Crippen LogP contribution >= 0.6 is 0 Å². The number of nitrogens with one attached hydrogen (secondary N) is 1. The molecular formula is C65H121NO10. The fourth-order valence-electron chi connectivity index (χ4n) is 10.1.